The number of hydrogen-bond donors (Lipinski definition) is 21. The molecule has 11 atom stereocenters. The molecule has 0 bridgehead atoms. The van der Waals surface area contributed by atoms with Crippen molar-refractivity contribution in [2.24, 2.45) is 40.5 Å². The van der Waals surface area contributed by atoms with E-state index >= 15 is 0 Å². The predicted octanol–water partition coefficient (Wildman–Crippen LogP) is -1.03. The third-order valence-corrected chi connectivity index (χ3v) is 19.2. The minimum atomic E-state index is -1.71. The quantitative estimate of drug-likeness (QED) is 0.0352. The maximum atomic E-state index is 14.3. The van der Waals surface area contributed by atoms with Crippen molar-refractivity contribution in [2.45, 2.75) is 288 Å². The van der Waals surface area contributed by atoms with Crippen LogP contribution in [0.3, 0.4) is 0 Å². The van der Waals surface area contributed by atoms with E-state index in [1.807, 2.05) is 6.07 Å². The van der Waals surface area contributed by atoms with Gasteiger partial charge in [0.2, 0.25) is 88.6 Å². The monoisotopic (exact) mass is 1620 g/mol. The molecule has 38 heteroatoms. The van der Waals surface area contributed by atoms with Gasteiger partial charge in [-0.15, -0.1) is 0 Å². The average molecular weight is 1630 g/mol. The Balaban J connectivity index is 2.23. The summed E-state index contributed by atoms with van der Waals surface area (Å²) in [7, 11) is 0. The summed E-state index contributed by atoms with van der Waals surface area (Å²) >= 11 is 0. The molecule has 0 aliphatic rings. The van der Waals surface area contributed by atoms with Crippen LogP contribution < -0.4 is 92.5 Å². The van der Waals surface area contributed by atoms with Crippen LogP contribution >= 0.6 is 0 Å². The molecule has 2 rings (SSSR count). The number of benzene rings is 1. The van der Waals surface area contributed by atoms with E-state index in [-0.39, 0.29) is 64.5 Å². The molecule has 0 fully saturated rings. The Morgan fingerprint density at radius 2 is 0.826 bits per heavy atom. The van der Waals surface area contributed by atoms with Gasteiger partial charge in [-0.3, -0.25) is 81.5 Å². The van der Waals surface area contributed by atoms with Crippen LogP contribution in [0.25, 0.3) is 10.9 Å². The lowest BCUT2D eigenvalue weighted by Gasteiger charge is -2.28. The number of nitrogens with two attached hydrogens (primary N) is 5. The number of aromatic nitrogens is 1. The number of fused-ring (bicyclic) bond motifs is 1. The number of aliphatic hydroxyl groups excluding tert-OH is 1. The van der Waals surface area contributed by atoms with Crippen LogP contribution in [-0.2, 0) is 87.9 Å². The summed E-state index contributed by atoms with van der Waals surface area (Å²) in [4.78, 5) is 229. The lowest BCUT2D eigenvalue weighted by atomic mass is 9.93. The highest BCUT2D eigenvalue weighted by Gasteiger charge is 2.36. The van der Waals surface area contributed by atoms with Gasteiger partial charge in [-0.25, -0.2) is 0 Å². The molecule has 15 amide bonds. The van der Waals surface area contributed by atoms with Crippen molar-refractivity contribution < 1.29 is 96.8 Å². The Kier molecular flexibility index (Phi) is 49.7. The number of aliphatic carboxylic acids is 2. The molecule has 115 heavy (non-hydrogen) atoms. The molecule has 0 radical (unpaired) electrons. The van der Waals surface area contributed by atoms with Crippen LogP contribution in [0.4, 0.5) is 0 Å². The number of para-hydroxylation sites is 1. The van der Waals surface area contributed by atoms with E-state index in [2.05, 4.69) is 75.7 Å². The van der Waals surface area contributed by atoms with E-state index in [1.165, 1.54) is 51.9 Å². The van der Waals surface area contributed by atoms with Gasteiger partial charge in [0.05, 0.1) is 25.5 Å². The number of amides is 15. The molecule has 0 spiro atoms. The zero-order valence-corrected chi connectivity index (χ0v) is 67.2. The number of H-pyrrole nitrogens is 1. The van der Waals surface area contributed by atoms with Crippen molar-refractivity contribution in [3.8, 4) is 0 Å². The second kappa shape index (κ2) is 56.8. The normalized spacial score (nSPS) is 14.0. The number of hydrogen-bond acceptors (Lipinski definition) is 20. The van der Waals surface area contributed by atoms with Gasteiger partial charge in [-0.1, -0.05) is 129 Å². The number of aromatic amines is 1. The standard InChI is InChI=1S/C77H128N18O20/c1-6-8-9-10-11-12-13-14-15-16-17-18-19-31-63(99)88-59(41-62(81)98)71(109)85-44-64(100)87-55(33-36-65(101)102)70(108)84-43-50(46(3)4)69(107)90-56(32-35-61(80)97)72(110)86-47(5)68(106)89-57(34-37-66(103)104)76(114)91-52(26-7-2)73(111)92-53(29-22-24-38-78)74(112)93-54(30-23-25-39-79)75(113)95-60(45-96)77(115)94-58(67(82)105)40-48-42-83-51-28-21-20-27-49(48)51/h20-21,27-28,42,46-47,50,52-60,83,96H,6-19,22-26,29-41,43-45,78-79H2,1-5H3,(H2,80,97)(H2,81,98)(H2,82,105)(H,84,108)(H,85,109)(H,86,110)(H,87,100)(H,88,99)(H,89,106)(H,90,107)(H,91,114)(H,92,111)(H,93,112)(H,94,115)(H,95,113)(H,101,102)(H,103,104). The molecule has 1 heterocycles. The molecule has 26 N–H and O–H groups in total. The molecule has 0 aliphatic heterocycles. The maximum absolute atomic E-state index is 14.3. The van der Waals surface area contributed by atoms with E-state index in [9.17, 15) is 96.8 Å². The summed E-state index contributed by atoms with van der Waals surface area (Å²) in [5, 5.41) is 59.9. The third kappa shape index (κ3) is 41.5. The highest BCUT2D eigenvalue weighted by molar-refractivity contribution is 5.99. The van der Waals surface area contributed by atoms with Gasteiger partial charge in [0, 0.05) is 55.7 Å². The molecule has 646 valence electrons. The summed E-state index contributed by atoms with van der Waals surface area (Å²) in [6.45, 7) is 6.30. The number of carboxylic acids is 2. The van der Waals surface area contributed by atoms with E-state index in [4.69, 9.17) is 28.7 Å². The molecule has 2 aromatic rings. The Bertz CT molecular complexity index is 3480. The van der Waals surface area contributed by atoms with E-state index in [0.717, 1.165) is 43.0 Å². The zero-order valence-electron chi connectivity index (χ0n) is 67.2. The summed E-state index contributed by atoms with van der Waals surface area (Å²) in [5.74, 6) is -18.6. The smallest absolute Gasteiger partial charge is 0.303 e. The molecule has 38 nitrogen and oxygen atoms in total. The van der Waals surface area contributed by atoms with Crippen molar-refractivity contribution >= 4 is 111 Å². The lowest BCUT2D eigenvalue weighted by Crippen LogP contribution is -2.60. The van der Waals surface area contributed by atoms with E-state index < -0.39 is 237 Å². The van der Waals surface area contributed by atoms with Gasteiger partial charge >= 0.3 is 11.9 Å². The van der Waals surface area contributed by atoms with Crippen LogP contribution in [0.1, 0.15) is 226 Å². The van der Waals surface area contributed by atoms with Crippen LogP contribution in [0.2, 0.25) is 0 Å². The number of aliphatic hydroxyl groups is 1. The summed E-state index contributed by atoms with van der Waals surface area (Å²) in [6, 6.07) is -7.93. The Hall–Kier alpha value is -10.4. The SMILES string of the molecule is CCCCCCCCCCCCCCCC(=O)NC(CC(N)=O)C(=O)NCC(=O)NC(CCC(=O)O)C(=O)NCC(C(=O)NC(CCC(N)=O)C(=O)NC(C)C(=O)NC(CCC(=O)O)C(=O)NC(CCC)C(=O)NC(CCCCN)C(=O)NC(CCCCN)C(=O)NC(CO)C(=O)NC(Cc1c[nH]c2ccccc12)C(N)=O)C(C)C. The summed E-state index contributed by atoms with van der Waals surface area (Å²) in [6.07, 6.45) is 13.2. The first-order chi connectivity index (χ1) is 54.7. The van der Waals surface area contributed by atoms with E-state index in [1.54, 1.807) is 45.2 Å². The molecular weight excluding hydrogens is 1500 g/mol. The van der Waals surface area contributed by atoms with Crippen molar-refractivity contribution in [3.05, 3.63) is 36.0 Å². The fourth-order valence-electron chi connectivity index (χ4n) is 12.4. The molecule has 1 aromatic carbocycles. The fourth-order valence-corrected chi connectivity index (χ4v) is 12.4. The first kappa shape index (κ1) is 101. The van der Waals surface area contributed by atoms with Crippen LogP contribution in [0.15, 0.2) is 30.5 Å². The molecule has 0 saturated carbocycles. The second-order valence-corrected chi connectivity index (χ2v) is 29.3. The Labute approximate surface area is 671 Å². The van der Waals surface area contributed by atoms with Crippen molar-refractivity contribution in [2.75, 3.05) is 32.8 Å². The van der Waals surface area contributed by atoms with Crippen molar-refractivity contribution in [3.63, 3.8) is 0 Å². The van der Waals surface area contributed by atoms with Crippen LogP contribution in [0.5, 0.6) is 0 Å². The van der Waals surface area contributed by atoms with Crippen molar-refractivity contribution in [1.82, 2.24) is 68.8 Å². The number of nitrogens with one attached hydrogen (secondary N) is 13. The average Bonchev–Trinajstić information content (AvgIpc) is 1.74. The van der Waals surface area contributed by atoms with Gasteiger partial charge in [0.15, 0.2) is 0 Å². The minimum Gasteiger partial charge on any atom is -0.481 e. The third-order valence-electron chi connectivity index (χ3n) is 19.2. The second-order valence-electron chi connectivity index (χ2n) is 29.3. The summed E-state index contributed by atoms with van der Waals surface area (Å²) in [5.41, 5.74) is 29.4. The Morgan fingerprint density at radius 1 is 0.400 bits per heavy atom. The topological polar surface area (TPSA) is 641 Å². The Morgan fingerprint density at radius 3 is 1.30 bits per heavy atom. The molecule has 1 aromatic heterocycles. The minimum absolute atomic E-state index is 0.0476. The fraction of sp³-hybridized carbons (Fsp3) is 0.675. The van der Waals surface area contributed by atoms with E-state index in [0.29, 0.717) is 24.8 Å². The number of carbonyl (C=O) groups is 17. The maximum Gasteiger partial charge on any atom is 0.303 e. The van der Waals surface area contributed by atoms with Gasteiger partial charge < -0.3 is 113 Å². The summed E-state index contributed by atoms with van der Waals surface area (Å²) < 4.78 is 0. The molecule has 11 unspecified atom stereocenters. The molecule has 0 aliphatic carbocycles. The zero-order chi connectivity index (χ0) is 86.0. The number of carbonyl (C=O) groups excluding carboxylic acids is 15. The van der Waals surface area contributed by atoms with Gasteiger partial charge in [-0.2, -0.15) is 0 Å². The number of unbranched alkanes of at least 4 members (excludes halogenated alkanes) is 14. The van der Waals surface area contributed by atoms with Crippen LogP contribution in [-0.4, -0.2) is 214 Å². The van der Waals surface area contributed by atoms with Gasteiger partial charge in [0.25, 0.3) is 0 Å². The number of primary amides is 3. The largest absolute Gasteiger partial charge is 0.481 e. The van der Waals surface area contributed by atoms with Crippen molar-refractivity contribution in [1.29, 1.82) is 0 Å². The first-order valence-corrected chi connectivity index (χ1v) is 40.1. The molecule has 0 saturated heterocycles. The first-order valence-electron chi connectivity index (χ1n) is 40.1. The highest BCUT2D eigenvalue weighted by Crippen LogP contribution is 2.21. The van der Waals surface area contributed by atoms with Gasteiger partial charge in [0.1, 0.15) is 60.4 Å². The highest BCUT2D eigenvalue weighted by atomic mass is 16.4. The lowest BCUT2D eigenvalue weighted by molar-refractivity contribution is -0.139. The predicted molar refractivity (Wildman–Crippen MR) is 425 cm³/mol. The van der Waals surface area contributed by atoms with Crippen LogP contribution in [0, 0.1) is 11.8 Å². The molecular formula is C77H128N18O20. The van der Waals surface area contributed by atoms with Gasteiger partial charge in [-0.05, 0) is 108 Å². The number of carboxylic acid groups (broad SMARTS) is 2. The number of rotatable bonds is 64.